The first kappa shape index (κ1) is 10.2. The summed E-state index contributed by atoms with van der Waals surface area (Å²) in [5.41, 5.74) is 1.91. The molecule has 0 aromatic carbocycles. The summed E-state index contributed by atoms with van der Waals surface area (Å²) in [4.78, 5) is 0. The van der Waals surface area contributed by atoms with Gasteiger partial charge in [0.1, 0.15) is 5.83 Å². The van der Waals surface area contributed by atoms with Gasteiger partial charge in [-0.05, 0) is 31.9 Å². The maximum Gasteiger partial charge on any atom is 0.119 e. The lowest BCUT2D eigenvalue weighted by atomic mass is 10.1. The van der Waals surface area contributed by atoms with E-state index in [1.165, 1.54) is 12.2 Å². The van der Waals surface area contributed by atoms with E-state index in [4.69, 9.17) is 0 Å². The molecule has 0 atom stereocenters. The summed E-state index contributed by atoms with van der Waals surface area (Å²) in [5, 5.41) is 0. The van der Waals surface area contributed by atoms with Crippen molar-refractivity contribution in [1.29, 1.82) is 0 Å². The first-order valence-electron chi connectivity index (χ1n) is 3.80. The van der Waals surface area contributed by atoms with E-state index in [0.29, 0.717) is 0 Å². The standard InChI is InChI=1S/C10H15F/c1-5-8(3)9(4)7-10(11)6-2/h6-7H,3,5H2,1-2,4H3. The number of hydrogen-bond acceptors (Lipinski definition) is 0. The van der Waals surface area contributed by atoms with Crippen LogP contribution in [0.2, 0.25) is 0 Å². The monoisotopic (exact) mass is 154 g/mol. The van der Waals surface area contributed by atoms with Gasteiger partial charge in [0, 0.05) is 0 Å². The summed E-state index contributed by atoms with van der Waals surface area (Å²) >= 11 is 0. The number of rotatable bonds is 3. The van der Waals surface area contributed by atoms with Crippen LogP contribution in [-0.4, -0.2) is 0 Å². The van der Waals surface area contributed by atoms with E-state index in [9.17, 15) is 4.39 Å². The summed E-state index contributed by atoms with van der Waals surface area (Å²) in [5.74, 6) is -0.197. The minimum absolute atomic E-state index is 0.197. The fourth-order valence-electron chi connectivity index (χ4n) is 0.671. The summed E-state index contributed by atoms with van der Waals surface area (Å²) in [6.45, 7) is 9.35. The molecule has 0 saturated heterocycles. The van der Waals surface area contributed by atoms with Gasteiger partial charge < -0.3 is 0 Å². The van der Waals surface area contributed by atoms with Crippen molar-refractivity contribution in [3.63, 3.8) is 0 Å². The third-order valence-electron chi connectivity index (χ3n) is 1.61. The average molecular weight is 154 g/mol. The Morgan fingerprint density at radius 3 is 2.45 bits per heavy atom. The van der Waals surface area contributed by atoms with Crippen molar-refractivity contribution in [1.82, 2.24) is 0 Å². The predicted molar refractivity (Wildman–Crippen MR) is 48.1 cm³/mol. The molecule has 0 heterocycles. The van der Waals surface area contributed by atoms with Gasteiger partial charge in [0.25, 0.3) is 0 Å². The van der Waals surface area contributed by atoms with Crippen molar-refractivity contribution in [2.24, 2.45) is 0 Å². The molecular weight excluding hydrogens is 139 g/mol. The molecule has 0 aromatic heterocycles. The second-order valence-corrected chi connectivity index (χ2v) is 2.46. The highest BCUT2D eigenvalue weighted by Gasteiger charge is 1.94. The maximum atomic E-state index is 12.6. The van der Waals surface area contributed by atoms with Crippen molar-refractivity contribution in [2.45, 2.75) is 27.2 Å². The van der Waals surface area contributed by atoms with Gasteiger partial charge in [0.15, 0.2) is 0 Å². The molecule has 0 spiro atoms. The normalized spacial score (nSPS) is 13.5. The lowest BCUT2D eigenvalue weighted by Crippen LogP contribution is -1.80. The van der Waals surface area contributed by atoms with Crippen LogP contribution in [0.1, 0.15) is 27.2 Å². The van der Waals surface area contributed by atoms with E-state index in [1.807, 2.05) is 13.8 Å². The van der Waals surface area contributed by atoms with Gasteiger partial charge in [-0.3, -0.25) is 0 Å². The molecule has 0 fully saturated rings. The zero-order valence-electron chi connectivity index (χ0n) is 7.45. The highest BCUT2D eigenvalue weighted by molar-refractivity contribution is 5.31. The van der Waals surface area contributed by atoms with E-state index >= 15 is 0 Å². The third kappa shape index (κ3) is 3.76. The molecular formula is C10H15F. The van der Waals surface area contributed by atoms with E-state index in [2.05, 4.69) is 6.58 Å². The second-order valence-electron chi connectivity index (χ2n) is 2.46. The van der Waals surface area contributed by atoms with Crippen molar-refractivity contribution in [3.8, 4) is 0 Å². The van der Waals surface area contributed by atoms with Gasteiger partial charge in [-0.25, -0.2) is 4.39 Å². The molecule has 0 saturated carbocycles. The van der Waals surface area contributed by atoms with Gasteiger partial charge in [0.05, 0.1) is 0 Å². The predicted octanol–water partition coefficient (Wildman–Crippen LogP) is 3.77. The van der Waals surface area contributed by atoms with Crippen LogP contribution in [-0.2, 0) is 0 Å². The molecule has 11 heavy (non-hydrogen) atoms. The van der Waals surface area contributed by atoms with E-state index < -0.39 is 0 Å². The Balaban J connectivity index is 4.34. The Morgan fingerprint density at radius 1 is 1.55 bits per heavy atom. The summed E-state index contributed by atoms with van der Waals surface area (Å²) in [6, 6.07) is 0. The molecule has 0 N–H and O–H groups in total. The highest BCUT2D eigenvalue weighted by Crippen LogP contribution is 2.13. The molecule has 0 aromatic rings. The quantitative estimate of drug-likeness (QED) is 0.543. The van der Waals surface area contributed by atoms with Gasteiger partial charge in [0.2, 0.25) is 0 Å². The Labute approximate surface area is 68.1 Å². The zero-order valence-corrected chi connectivity index (χ0v) is 7.45. The van der Waals surface area contributed by atoms with Crippen LogP contribution in [0.3, 0.4) is 0 Å². The Bertz CT molecular complexity index is 197. The molecule has 0 aliphatic heterocycles. The summed E-state index contributed by atoms with van der Waals surface area (Å²) < 4.78 is 12.6. The maximum absolute atomic E-state index is 12.6. The minimum Gasteiger partial charge on any atom is -0.207 e. The van der Waals surface area contributed by atoms with E-state index in [-0.39, 0.29) is 5.83 Å². The van der Waals surface area contributed by atoms with Gasteiger partial charge in [-0.2, -0.15) is 0 Å². The molecule has 0 radical (unpaired) electrons. The third-order valence-corrected chi connectivity index (χ3v) is 1.61. The Morgan fingerprint density at radius 2 is 2.09 bits per heavy atom. The highest BCUT2D eigenvalue weighted by atomic mass is 19.1. The van der Waals surface area contributed by atoms with Crippen LogP contribution in [0.25, 0.3) is 0 Å². The minimum atomic E-state index is -0.197. The largest absolute Gasteiger partial charge is 0.207 e. The molecule has 1 heteroatoms. The average Bonchev–Trinajstić information content (AvgIpc) is 2.02. The van der Waals surface area contributed by atoms with Gasteiger partial charge >= 0.3 is 0 Å². The molecule has 0 nitrogen and oxygen atoms in total. The van der Waals surface area contributed by atoms with Gasteiger partial charge in [-0.15, -0.1) is 0 Å². The summed E-state index contributed by atoms with van der Waals surface area (Å²) in [7, 11) is 0. The second kappa shape index (κ2) is 4.89. The Hall–Kier alpha value is -0.850. The van der Waals surface area contributed by atoms with Crippen molar-refractivity contribution < 1.29 is 4.39 Å². The van der Waals surface area contributed by atoms with E-state index in [0.717, 1.165) is 17.6 Å². The molecule has 0 aliphatic rings. The Kier molecular flexibility index (Phi) is 4.51. The van der Waals surface area contributed by atoms with Crippen molar-refractivity contribution >= 4 is 0 Å². The molecule has 0 bridgehead atoms. The lowest BCUT2D eigenvalue weighted by molar-refractivity contribution is 0.663. The molecule has 0 unspecified atom stereocenters. The lowest BCUT2D eigenvalue weighted by Gasteiger charge is -2.00. The van der Waals surface area contributed by atoms with Crippen LogP contribution in [0.15, 0.2) is 35.7 Å². The van der Waals surface area contributed by atoms with Crippen LogP contribution >= 0.6 is 0 Å². The number of hydrogen-bond donors (Lipinski definition) is 0. The van der Waals surface area contributed by atoms with Crippen molar-refractivity contribution in [3.05, 3.63) is 35.7 Å². The first-order chi connectivity index (χ1) is 5.11. The van der Waals surface area contributed by atoms with Crippen LogP contribution in [0, 0.1) is 0 Å². The topological polar surface area (TPSA) is 0 Å². The first-order valence-corrected chi connectivity index (χ1v) is 3.80. The molecule has 0 rings (SSSR count). The van der Waals surface area contributed by atoms with Crippen molar-refractivity contribution in [2.75, 3.05) is 0 Å². The smallest absolute Gasteiger partial charge is 0.119 e. The number of allylic oxidation sites excluding steroid dienone is 5. The summed E-state index contributed by atoms with van der Waals surface area (Å²) in [6.07, 6.45) is 3.82. The zero-order chi connectivity index (χ0) is 8.85. The molecule has 0 aliphatic carbocycles. The fourth-order valence-corrected chi connectivity index (χ4v) is 0.671. The van der Waals surface area contributed by atoms with E-state index in [1.54, 1.807) is 6.92 Å². The van der Waals surface area contributed by atoms with Gasteiger partial charge in [-0.1, -0.05) is 25.2 Å². The molecule has 62 valence electrons. The fraction of sp³-hybridized carbons (Fsp3) is 0.400. The number of halogens is 1. The SMILES string of the molecule is C=C(CC)C(C)=CC(F)=CC. The molecule has 0 amide bonds. The van der Waals surface area contributed by atoms with Crippen LogP contribution < -0.4 is 0 Å². The van der Waals surface area contributed by atoms with Crippen LogP contribution in [0.4, 0.5) is 4.39 Å². The van der Waals surface area contributed by atoms with Crippen LogP contribution in [0.5, 0.6) is 0 Å².